The summed E-state index contributed by atoms with van der Waals surface area (Å²) in [6.45, 7) is 6.45. The van der Waals surface area contributed by atoms with Crippen LogP contribution in [0.3, 0.4) is 0 Å². The summed E-state index contributed by atoms with van der Waals surface area (Å²) in [4.78, 5) is 3.10. The minimum Gasteiger partial charge on any atom is -0.393 e. The average molecular weight is 262 g/mol. The largest absolute Gasteiger partial charge is 0.393 e. The van der Waals surface area contributed by atoms with Crippen LogP contribution in [-0.2, 0) is 0 Å². The van der Waals surface area contributed by atoms with E-state index in [9.17, 15) is 0 Å². The molecule has 1 fully saturated rings. The maximum Gasteiger partial charge on any atom is 0.0733 e. The van der Waals surface area contributed by atoms with E-state index in [1.165, 1.54) is 24.1 Å². The van der Waals surface area contributed by atoms with Gasteiger partial charge in [0, 0.05) is 25.2 Å². The Bertz CT molecular complexity index is 438. The van der Waals surface area contributed by atoms with E-state index >= 15 is 0 Å². The van der Waals surface area contributed by atoms with E-state index in [0.717, 1.165) is 19.5 Å². The van der Waals surface area contributed by atoms with Crippen LogP contribution in [-0.4, -0.2) is 18.1 Å². The second-order valence-electron chi connectivity index (χ2n) is 5.50. The smallest absolute Gasteiger partial charge is 0.0733 e. The molecule has 2 nitrogen and oxygen atoms in total. The van der Waals surface area contributed by atoms with Gasteiger partial charge in [0.15, 0.2) is 0 Å². The van der Waals surface area contributed by atoms with Gasteiger partial charge in [-0.2, -0.15) is 0 Å². The van der Waals surface area contributed by atoms with Gasteiger partial charge in [0.25, 0.3) is 0 Å². The molecule has 0 amide bonds. The minimum atomic E-state index is 0.353. The number of aryl methyl sites for hydroxylation is 1. The van der Waals surface area contributed by atoms with E-state index in [2.05, 4.69) is 43.0 Å². The van der Waals surface area contributed by atoms with Crippen LogP contribution in [0.2, 0.25) is 0 Å². The lowest BCUT2D eigenvalue weighted by atomic mass is 10.0. The number of hydrogen-bond donors (Lipinski definition) is 1. The Morgan fingerprint density at radius 3 is 2.67 bits per heavy atom. The van der Waals surface area contributed by atoms with E-state index in [-0.39, 0.29) is 0 Å². The molecule has 1 aromatic rings. The highest BCUT2D eigenvalue weighted by atomic mass is 32.1. The van der Waals surface area contributed by atoms with Crippen LogP contribution in [0.4, 0.5) is 5.69 Å². The fraction of sp³-hybridized carbons (Fsp3) is 0.533. The molecule has 2 N–H and O–H groups in total. The summed E-state index contributed by atoms with van der Waals surface area (Å²) in [6.07, 6.45) is 3.41. The van der Waals surface area contributed by atoms with Gasteiger partial charge in [0.1, 0.15) is 0 Å². The highest BCUT2D eigenvalue weighted by Gasteiger charge is 2.44. The molecule has 1 aliphatic carbocycles. The van der Waals surface area contributed by atoms with Crippen LogP contribution in [0.1, 0.15) is 31.7 Å². The summed E-state index contributed by atoms with van der Waals surface area (Å²) in [5.74, 6) is 0. The Kier molecular flexibility index (Phi) is 3.91. The summed E-state index contributed by atoms with van der Waals surface area (Å²) in [7, 11) is 0. The molecule has 0 aliphatic heterocycles. The second kappa shape index (κ2) is 5.27. The van der Waals surface area contributed by atoms with Crippen LogP contribution in [0.25, 0.3) is 0 Å². The summed E-state index contributed by atoms with van der Waals surface area (Å²) in [5, 5.41) is 0. The number of thiocarbonyl (C=S) groups is 1. The first kappa shape index (κ1) is 13.3. The van der Waals surface area contributed by atoms with Crippen molar-refractivity contribution in [1.82, 2.24) is 0 Å². The molecule has 1 saturated carbocycles. The third-order valence-corrected chi connectivity index (χ3v) is 3.93. The van der Waals surface area contributed by atoms with Crippen molar-refractivity contribution in [1.29, 1.82) is 0 Å². The average Bonchev–Trinajstić information content (AvgIpc) is 3.05. The molecule has 0 atom stereocenters. The van der Waals surface area contributed by atoms with Crippen molar-refractivity contribution in [3.63, 3.8) is 0 Å². The number of benzene rings is 1. The molecule has 2 rings (SSSR count). The van der Waals surface area contributed by atoms with Gasteiger partial charge < -0.3 is 10.6 Å². The number of hydrogen-bond acceptors (Lipinski definition) is 2. The normalized spacial score (nSPS) is 16.3. The van der Waals surface area contributed by atoms with Gasteiger partial charge in [-0.05, 0) is 49.8 Å². The lowest BCUT2D eigenvalue weighted by Crippen LogP contribution is -2.32. The van der Waals surface area contributed by atoms with Crippen molar-refractivity contribution < 1.29 is 0 Å². The second-order valence-corrected chi connectivity index (χ2v) is 6.02. The van der Waals surface area contributed by atoms with Gasteiger partial charge in [0.05, 0.1) is 4.99 Å². The highest BCUT2D eigenvalue weighted by Crippen LogP contribution is 2.49. The van der Waals surface area contributed by atoms with Gasteiger partial charge in [0.2, 0.25) is 0 Å². The van der Waals surface area contributed by atoms with Crippen molar-refractivity contribution in [2.24, 2.45) is 11.1 Å². The molecule has 0 bridgehead atoms. The number of anilines is 1. The first-order chi connectivity index (χ1) is 8.54. The SMILES string of the molecule is CCN(CC1(CC(N)=S)CC1)c1cccc(C)c1. The highest BCUT2D eigenvalue weighted by molar-refractivity contribution is 7.80. The minimum absolute atomic E-state index is 0.353. The van der Waals surface area contributed by atoms with E-state index in [4.69, 9.17) is 18.0 Å². The van der Waals surface area contributed by atoms with Crippen molar-refractivity contribution in [2.45, 2.75) is 33.1 Å². The molecule has 0 radical (unpaired) electrons. The lowest BCUT2D eigenvalue weighted by Gasteiger charge is -2.28. The number of nitrogens with zero attached hydrogens (tertiary/aromatic N) is 1. The zero-order valence-electron chi connectivity index (χ0n) is 11.3. The van der Waals surface area contributed by atoms with Crippen LogP contribution in [0.5, 0.6) is 0 Å². The number of rotatable bonds is 6. The standard InChI is InChI=1S/C15H22N2S/c1-3-17(13-6-4-5-12(2)9-13)11-15(7-8-15)10-14(16)18/h4-6,9H,3,7-8,10-11H2,1-2H3,(H2,16,18). The van der Waals surface area contributed by atoms with E-state index in [0.29, 0.717) is 10.4 Å². The van der Waals surface area contributed by atoms with Crippen LogP contribution >= 0.6 is 12.2 Å². The zero-order valence-corrected chi connectivity index (χ0v) is 12.1. The molecule has 0 heterocycles. The summed E-state index contributed by atoms with van der Waals surface area (Å²) in [5.41, 5.74) is 8.69. The first-order valence-corrected chi connectivity index (χ1v) is 7.05. The van der Waals surface area contributed by atoms with E-state index < -0.39 is 0 Å². The molecule has 1 aliphatic rings. The van der Waals surface area contributed by atoms with Crippen LogP contribution in [0.15, 0.2) is 24.3 Å². The van der Waals surface area contributed by atoms with Gasteiger partial charge in [-0.1, -0.05) is 24.4 Å². The quantitative estimate of drug-likeness (QED) is 0.798. The maximum atomic E-state index is 5.71. The van der Waals surface area contributed by atoms with E-state index in [1.807, 2.05) is 0 Å². The monoisotopic (exact) mass is 262 g/mol. The lowest BCUT2D eigenvalue weighted by molar-refractivity contribution is 0.522. The van der Waals surface area contributed by atoms with Gasteiger partial charge in [-0.3, -0.25) is 0 Å². The Labute approximate surface area is 115 Å². The molecule has 3 heteroatoms. The molecule has 1 aromatic carbocycles. The van der Waals surface area contributed by atoms with Crippen molar-refractivity contribution in [3.05, 3.63) is 29.8 Å². The molecule has 0 spiro atoms. The van der Waals surface area contributed by atoms with Gasteiger partial charge in [-0.25, -0.2) is 0 Å². The molecule has 0 saturated heterocycles. The Morgan fingerprint density at radius 2 is 2.17 bits per heavy atom. The van der Waals surface area contributed by atoms with Crippen molar-refractivity contribution in [3.8, 4) is 0 Å². The molecule has 98 valence electrons. The summed E-state index contributed by atoms with van der Waals surface area (Å²) < 4.78 is 0. The predicted octanol–water partition coefficient (Wildman–Crippen LogP) is 3.28. The Hall–Kier alpha value is -1.09. The third kappa shape index (κ3) is 3.22. The Morgan fingerprint density at radius 1 is 1.44 bits per heavy atom. The fourth-order valence-electron chi connectivity index (χ4n) is 2.55. The maximum absolute atomic E-state index is 5.71. The molecule has 18 heavy (non-hydrogen) atoms. The zero-order chi connectivity index (χ0) is 13.2. The van der Waals surface area contributed by atoms with Crippen molar-refractivity contribution >= 4 is 22.9 Å². The fourth-order valence-corrected chi connectivity index (χ4v) is 2.86. The predicted molar refractivity (Wildman–Crippen MR) is 82.1 cm³/mol. The van der Waals surface area contributed by atoms with E-state index in [1.54, 1.807) is 0 Å². The van der Waals surface area contributed by atoms with Crippen LogP contribution < -0.4 is 10.6 Å². The molecule has 0 unspecified atom stereocenters. The summed E-state index contributed by atoms with van der Waals surface area (Å²) in [6, 6.07) is 8.70. The van der Waals surface area contributed by atoms with Crippen LogP contribution in [0, 0.1) is 12.3 Å². The first-order valence-electron chi connectivity index (χ1n) is 6.65. The molecule has 0 aromatic heterocycles. The van der Waals surface area contributed by atoms with Crippen molar-refractivity contribution in [2.75, 3.05) is 18.0 Å². The number of nitrogens with two attached hydrogens (primary N) is 1. The van der Waals surface area contributed by atoms with Gasteiger partial charge >= 0.3 is 0 Å². The molecular weight excluding hydrogens is 240 g/mol. The van der Waals surface area contributed by atoms with Gasteiger partial charge in [-0.15, -0.1) is 0 Å². The molecular formula is C15H22N2S. The Balaban J connectivity index is 2.08. The summed E-state index contributed by atoms with van der Waals surface area (Å²) >= 11 is 5.07. The topological polar surface area (TPSA) is 29.3 Å². The third-order valence-electron chi connectivity index (χ3n) is 3.78.